The molecule has 1 heterocycles. The van der Waals surface area contributed by atoms with Crippen molar-refractivity contribution < 1.29 is 0 Å². The third-order valence-electron chi connectivity index (χ3n) is 4.18. The highest BCUT2D eigenvalue weighted by Crippen LogP contribution is 2.37. The molecule has 20 heavy (non-hydrogen) atoms. The molecule has 1 saturated carbocycles. The molecule has 0 bridgehead atoms. The van der Waals surface area contributed by atoms with Crippen molar-refractivity contribution in [2.75, 3.05) is 6.54 Å². The van der Waals surface area contributed by atoms with Crippen molar-refractivity contribution >= 4 is 15.9 Å². The van der Waals surface area contributed by atoms with Gasteiger partial charge in [0.05, 0.1) is 0 Å². The van der Waals surface area contributed by atoms with Crippen molar-refractivity contribution in [2.45, 2.75) is 31.2 Å². The van der Waals surface area contributed by atoms with Crippen LogP contribution < -0.4 is 5.32 Å². The van der Waals surface area contributed by atoms with Gasteiger partial charge in [0, 0.05) is 42.9 Å². The fourth-order valence-corrected chi connectivity index (χ4v) is 3.08. The van der Waals surface area contributed by atoms with Gasteiger partial charge in [-0.25, -0.2) is 4.98 Å². The lowest BCUT2D eigenvalue weighted by Gasteiger charge is -2.36. The van der Waals surface area contributed by atoms with Gasteiger partial charge in [0.2, 0.25) is 0 Å². The number of nitrogens with one attached hydrogen (secondary N) is 1. The third-order valence-corrected chi connectivity index (χ3v) is 4.71. The molecule has 106 valence electrons. The second kappa shape index (κ2) is 6.10. The van der Waals surface area contributed by atoms with Crippen LogP contribution in [-0.4, -0.2) is 22.1 Å². The summed E-state index contributed by atoms with van der Waals surface area (Å²) >= 11 is 3.48. The normalized spacial score (nSPS) is 21.7. The quantitative estimate of drug-likeness (QED) is 0.910. The van der Waals surface area contributed by atoms with Crippen molar-refractivity contribution in [1.82, 2.24) is 14.9 Å². The van der Waals surface area contributed by atoms with E-state index in [0.717, 1.165) is 29.2 Å². The standard InChI is InChI=1S/C16H20BrN3/c1-20-9-8-19-16(20)6-7-18-15-10-13(11-15)12-2-4-14(17)5-3-12/h2-5,8-9,13,15,18H,6-7,10-11H2,1H3. The minimum absolute atomic E-state index is 0.670. The molecular weight excluding hydrogens is 314 g/mol. The van der Waals surface area contributed by atoms with Crippen LogP contribution in [-0.2, 0) is 13.5 Å². The number of imidazole rings is 1. The van der Waals surface area contributed by atoms with Crippen LogP contribution in [0.3, 0.4) is 0 Å². The maximum Gasteiger partial charge on any atom is 0.109 e. The summed E-state index contributed by atoms with van der Waals surface area (Å²) in [6, 6.07) is 9.41. The van der Waals surface area contributed by atoms with Crippen molar-refractivity contribution in [3.63, 3.8) is 0 Å². The number of aromatic nitrogens is 2. The van der Waals surface area contributed by atoms with Crippen LogP contribution in [0, 0.1) is 0 Å². The molecule has 1 aromatic carbocycles. The summed E-state index contributed by atoms with van der Waals surface area (Å²) in [5.41, 5.74) is 1.47. The molecule has 1 aliphatic carbocycles. The smallest absolute Gasteiger partial charge is 0.109 e. The van der Waals surface area contributed by atoms with Gasteiger partial charge in [-0.05, 0) is 36.5 Å². The summed E-state index contributed by atoms with van der Waals surface area (Å²) in [5.74, 6) is 1.88. The van der Waals surface area contributed by atoms with Gasteiger partial charge >= 0.3 is 0 Å². The molecule has 0 radical (unpaired) electrons. The highest BCUT2D eigenvalue weighted by Gasteiger charge is 2.29. The van der Waals surface area contributed by atoms with Crippen LogP contribution in [0.1, 0.15) is 30.1 Å². The van der Waals surface area contributed by atoms with Gasteiger partial charge in [-0.2, -0.15) is 0 Å². The molecule has 1 N–H and O–H groups in total. The topological polar surface area (TPSA) is 29.9 Å². The van der Waals surface area contributed by atoms with Gasteiger partial charge in [-0.3, -0.25) is 0 Å². The molecule has 0 spiro atoms. The minimum atomic E-state index is 0.670. The van der Waals surface area contributed by atoms with Crippen molar-refractivity contribution in [2.24, 2.45) is 7.05 Å². The van der Waals surface area contributed by atoms with Crippen molar-refractivity contribution in [1.29, 1.82) is 0 Å². The van der Waals surface area contributed by atoms with Gasteiger partial charge in [0.1, 0.15) is 5.82 Å². The van der Waals surface area contributed by atoms with E-state index < -0.39 is 0 Å². The first kappa shape index (κ1) is 13.8. The molecule has 3 nitrogen and oxygen atoms in total. The molecule has 4 heteroatoms. The van der Waals surface area contributed by atoms with E-state index in [0.29, 0.717) is 6.04 Å². The van der Waals surface area contributed by atoms with Gasteiger partial charge in [-0.15, -0.1) is 0 Å². The Labute approximate surface area is 128 Å². The fourth-order valence-electron chi connectivity index (χ4n) is 2.82. The molecule has 0 amide bonds. The van der Waals surface area contributed by atoms with E-state index in [1.54, 1.807) is 0 Å². The molecule has 2 aromatic rings. The Morgan fingerprint density at radius 1 is 1.30 bits per heavy atom. The summed E-state index contributed by atoms with van der Waals surface area (Å²) in [6.07, 6.45) is 7.37. The zero-order chi connectivity index (χ0) is 13.9. The number of aryl methyl sites for hydroxylation is 1. The van der Waals surface area contributed by atoms with Crippen LogP contribution in [0.5, 0.6) is 0 Å². The number of benzene rings is 1. The number of halogens is 1. The van der Waals surface area contributed by atoms with E-state index in [9.17, 15) is 0 Å². The average molecular weight is 334 g/mol. The lowest BCUT2D eigenvalue weighted by atomic mass is 9.76. The predicted molar refractivity (Wildman–Crippen MR) is 84.8 cm³/mol. The zero-order valence-corrected chi connectivity index (χ0v) is 13.3. The lowest BCUT2D eigenvalue weighted by molar-refractivity contribution is 0.292. The summed E-state index contributed by atoms with van der Waals surface area (Å²) in [4.78, 5) is 4.35. The number of hydrogen-bond acceptors (Lipinski definition) is 2. The fraction of sp³-hybridized carbons (Fsp3) is 0.438. The van der Waals surface area contributed by atoms with Crippen LogP contribution in [0.15, 0.2) is 41.1 Å². The second-order valence-corrected chi connectivity index (χ2v) is 6.49. The molecule has 1 aromatic heterocycles. The molecular formula is C16H20BrN3. The van der Waals surface area contributed by atoms with E-state index in [2.05, 4.69) is 62.1 Å². The maximum absolute atomic E-state index is 4.35. The Kier molecular flexibility index (Phi) is 4.22. The number of hydrogen-bond donors (Lipinski definition) is 1. The van der Waals surface area contributed by atoms with Crippen molar-refractivity contribution in [3.8, 4) is 0 Å². The Hall–Kier alpha value is -1.13. The number of rotatable bonds is 5. The Bertz CT molecular complexity index is 555. The summed E-state index contributed by atoms with van der Waals surface area (Å²) in [5, 5.41) is 3.63. The molecule has 0 atom stereocenters. The maximum atomic E-state index is 4.35. The minimum Gasteiger partial charge on any atom is -0.338 e. The highest BCUT2D eigenvalue weighted by molar-refractivity contribution is 9.10. The van der Waals surface area contributed by atoms with Crippen LogP contribution in [0.25, 0.3) is 0 Å². The Morgan fingerprint density at radius 2 is 2.05 bits per heavy atom. The second-order valence-electron chi connectivity index (χ2n) is 5.58. The summed E-state index contributed by atoms with van der Waals surface area (Å²) in [6.45, 7) is 1.02. The van der Waals surface area contributed by atoms with Crippen molar-refractivity contribution in [3.05, 3.63) is 52.5 Å². The van der Waals surface area contributed by atoms with E-state index in [1.165, 1.54) is 18.4 Å². The first-order chi connectivity index (χ1) is 9.72. The monoisotopic (exact) mass is 333 g/mol. The third kappa shape index (κ3) is 3.13. The first-order valence-corrected chi connectivity index (χ1v) is 7.96. The van der Waals surface area contributed by atoms with Gasteiger partial charge in [-0.1, -0.05) is 28.1 Å². The highest BCUT2D eigenvalue weighted by atomic mass is 79.9. The molecule has 0 saturated heterocycles. The molecule has 0 unspecified atom stereocenters. The van der Waals surface area contributed by atoms with Crippen LogP contribution in [0.4, 0.5) is 0 Å². The Morgan fingerprint density at radius 3 is 2.70 bits per heavy atom. The molecule has 1 aliphatic rings. The van der Waals surface area contributed by atoms with E-state index in [4.69, 9.17) is 0 Å². The number of nitrogens with zero attached hydrogens (tertiary/aromatic N) is 2. The van der Waals surface area contributed by atoms with Gasteiger partial charge in [0.15, 0.2) is 0 Å². The molecule has 0 aliphatic heterocycles. The largest absolute Gasteiger partial charge is 0.338 e. The van der Waals surface area contributed by atoms with E-state index in [-0.39, 0.29) is 0 Å². The Balaban J connectivity index is 1.40. The van der Waals surface area contributed by atoms with Gasteiger partial charge < -0.3 is 9.88 Å². The van der Waals surface area contributed by atoms with E-state index >= 15 is 0 Å². The summed E-state index contributed by atoms with van der Waals surface area (Å²) in [7, 11) is 2.05. The van der Waals surface area contributed by atoms with Crippen LogP contribution >= 0.6 is 15.9 Å². The first-order valence-electron chi connectivity index (χ1n) is 7.17. The average Bonchev–Trinajstić information content (AvgIpc) is 2.79. The SMILES string of the molecule is Cn1ccnc1CCNC1CC(c2ccc(Br)cc2)C1. The zero-order valence-electron chi connectivity index (χ0n) is 11.7. The van der Waals surface area contributed by atoms with Gasteiger partial charge in [0.25, 0.3) is 0 Å². The molecule has 1 fully saturated rings. The molecule has 3 rings (SSSR count). The van der Waals surface area contributed by atoms with Crippen LogP contribution in [0.2, 0.25) is 0 Å². The summed E-state index contributed by atoms with van der Waals surface area (Å²) < 4.78 is 3.25. The lowest BCUT2D eigenvalue weighted by Crippen LogP contribution is -2.41. The van der Waals surface area contributed by atoms with E-state index in [1.807, 2.05) is 12.4 Å². The predicted octanol–water partition coefficient (Wildman–Crippen LogP) is 3.26.